The fraction of sp³-hybridized carbons (Fsp3) is 0.455. The molecule has 29 heavy (non-hydrogen) atoms. The topological polar surface area (TPSA) is 48.4 Å². The molecule has 0 amide bonds. The van der Waals surface area contributed by atoms with Crippen molar-refractivity contribution in [3.63, 3.8) is 0 Å². The largest absolute Gasteiger partial charge is 0.340 e. The van der Waals surface area contributed by atoms with Crippen LogP contribution in [-0.4, -0.2) is 29.8 Å². The minimum Gasteiger partial charge on any atom is -0.340 e. The smallest absolute Gasteiger partial charge is 0.336 e. The van der Waals surface area contributed by atoms with Crippen molar-refractivity contribution < 1.29 is 9.29 Å². The molecule has 1 N–H and O–H groups in total. The van der Waals surface area contributed by atoms with Gasteiger partial charge in [0.05, 0.1) is 31.7 Å². The van der Waals surface area contributed by atoms with Gasteiger partial charge in [0.15, 0.2) is 0 Å². The summed E-state index contributed by atoms with van der Waals surface area (Å²) < 4.78 is 16.4. The van der Waals surface area contributed by atoms with Crippen LogP contribution in [0, 0.1) is 5.82 Å². The number of benzene rings is 1. The second-order valence-corrected chi connectivity index (χ2v) is 9.19. The van der Waals surface area contributed by atoms with Gasteiger partial charge in [-0.25, -0.2) is 13.8 Å². The lowest BCUT2D eigenvalue weighted by molar-refractivity contribution is -0.858. The van der Waals surface area contributed by atoms with Gasteiger partial charge in [-0.15, -0.1) is 11.3 Å². The number of aryl methyl sites for hydroxylation is 3. The molecule has 0 saturated carbocycles. The van der Waals surface area contributed by atoms with Crippen LogP contribution in [0.3, 0.4) is 0 Å². The Morgan fingerprint density at radius 2 is 1.79 bits per heavy atom. The molecule has 0 aliphatic heterocycles. The van der Waals surface area contributed by atoms with Crippen molar-refractivity contribution >= 4 is 21.6 Å². The zero-order valence-corrected chi connectivity index (χ0v) is 17.8. The second kappa shape index (κ2) is 8.24. The van der Waals surface area contributed by atoms with E-state index in [1.54, 1.807) is 15.9 Å². The minimum absolute atomic E-state index is 0.273. The van der Waals surface area contributed by atoms with Crippen molar-refractivity contribution in [1.29, 1.82) is 0 Å². The van der Waals surface area contributed by atoms with Gasteiger partial charge in [0, 0.05) is 17.8 Å². The molecule has 0 radical (unpaired) electrons. The van der Waals surface area contributed by atoms with E-state index in [0.29, 0.717) is 17.6 Å². The number of hydrogen-bond donors (Lipinski definition) is 1. The van der Waals surface area contributed by atoms with Crippen molar-refractivity contribution in [2.45, 2.75) is 45.1 Å². The molecule has 2 aromatic heterocycles. The lowest BCUT2D eigenvalue weighted by Gasteiger charge is -2.13. The van der Waals surface area contributed by atoms with E-state index in [1.165, 1.54) is 45.0 Å². The van der Waals surface area contributed by atoms with Gasteiger partial charge in [0.25, 0.3) is 5.56 Å². The molecule has 3 aromatic rings. The number of thiophene rings is 1. The summed E-state index contributed by atoms with van der Waals surface area (Å²) in [6.07, 6.45) is 6.06. The summed E-state index contributed by atoms with van der Waals surface area (Å²) in [6, 6.07) is 5.59. The number of halogens is 1. The van der Waals surface area contributed by atoms with Gasteiger partial charge in [-0.05, 0) is 55.5 Å². The first-order valence-corrected chi connectivity index (χ1v) is 11.1. The van der Waals surface area contributed by atoms with E-state index in [9.17, 15) is 14.0 Å². The van der Waals surface area contributed by atoms with Crippen molar-refractivity contribution in [2.24, 2.45) is 0 Å². The first-order valence-electron chi connectivity index (χ1n) is 10.3. The number of hydrogen-bond acceptors (Lipinski definition) is 3. The van der Waals surface area contributed by atoms with E-state index in [2.05, 4.69) is 14.1 Å². The molecule has 0 bridgehead atoms. The van der Waals surface area contributed by atoms with Crippen LogP contribution in [0.5, 0.6) is 0 Å². The fourth-order valence-electron chi connectivity index (χ4n) is 4.15. The highest BCUT2D eigenvalue weighted by molar-refractivity contribution is 7.18. The predicted molar refractivity (Wildman–Crippen MR) is 115 cm³/mol. The zero-order valence-electron chi connectivity index (χ0n) is 17.0. The first-order chi connectivity index (χ1) is 14.0. The monoisotopic (exact) mass is 416 g/mol. The highest BCUT2D eigenvalue weighted by Gasteiger charge is 2.23. The van der Waals surface area contributed by atoms with E-state index >= 15 is 0 Å². The Kier molecular flexibility index (Phi) is 5.69. The van der Waals surface area contributed by atoms with E-state index in [-0.39, 0.29) is 17.1 Å². The van der Waals surface area contributed by atoms with Gasteiger partial charge < -0.3 is 4.90 Å². The molecule has 1 aromatic carbocycles. The summed E-state index contributed by atoms with van der Waals surface area (Å²) >= 11 is 1.62. The Balaban J connectivity index is 1.97. The maximum Gasteiger partial charge on any atom is 0.336 e. The Hall–Kier alpha value is -2.25. The lowest BCUT2D eigenvalue weighted by Crippen LogP contribution is -3.05. The van der Waals surface area contributed by atoms with Crippen LogP contribution >= 0.6 is 11.3 Å². The molecule has 2 heterocycles. The maximum atomic E-state index is 13.5. The Morgan fingerprint density at radius 1 is 1.07 bits per heavy atom. The molecule has 1 aliphatic rings. The highest BCUT2D eigenvalue weighted by atomic mass is 32.1. The van der Waals surface area contributed by atoms with Crippen molar-refractivity contribution in [2.75, 3.05) is 20.6 Å². The number of fused-ring (bicyclic) bond motifs is 3. The molecular weight excluding hydrogens is 389 g/mol. The molecule has 0 fully saturated rings. The molecule has 4 rings (SSSR count). The number of quaternary nitrogens is 1. The third-order valence-electron chi connectivity index (χ3n) is 5.63. The van der Waals surface area contributed by atoms with Crippen LogP contribution in [0.15, 0.2) is 33.9 Å². The molecule has 0 unspecified atom stereocenters. The van der Waals surface area contributed by atoms with Crippen molar-refractivity contribution in [3.05, 3.63) is 61.4 Å². The van der Waals surface area contributed by atoms with Crippen LogP contribution in [0.4, 0.5) is 4.39 Å². The van der Waals surface area contributed by atoms with Crippen LogP contribution in [0.1, 0.15) is 36.1 Å². The van der Waals surface area contributed by atoms with Gasteiger partial charge in [0.1, 0.15) is 10.6 Å². The normalized spacial score (nSPS) is 14.3. The zero-order chi connectivity index (χ0) is 20.5. The van der Waals surface area contributed by atoms with Gasteiger partial charge in [-0.1, -0.05) is 6.42 Å². The maximum absolute atomic E-state index is 13.5. The molecule has 7 heteroatoms. The fourth-order valence-corrected chi connectivity index (χ4v) is 5.55. The van der Waals surface area contributed by atoms with Crippen LogP contribution in [-0.2, 0) is 19.4 Å². The van der Waals surface area contributed by atoms with Crippen molar-refractivity contribution in [1.82, 2.24) is 9.13 Å². The van der Waals surface area contributed by atoms with Crippen LogP contribution in [0.2, 0.25) is 0 Å². The molecule has 0 spiro atoms. The number of rotatable bonds is 5. The molecule has 0 atom stereocenters. The number of nitrogens with one attached hydrogen (secondary N) is 1. The summed E-state index contributed by atoms with van der Waals surface area (Å²) in [7, 11) is 4.18. The van der Waals surface area contributed by atoms with Gasteiger partial charge in [-0.2, -0.15) is 0 Å². The van der Waals surface area contributed by atoms with E-state index in [1.807, 2.05) is 0 Å². The average Bonchev–Trinajstić information content (AvgIpc) is 2.88. The molecule has 154 valence electrons. The van der Waals surface area contributed by atoms with E-state index in [0.717, 1.165) is 49.0 Å². The van der Waals surface area contributed by atoms with Crippen LogP contribution < -0.4 is 16.1 Å². The molecular formula is C22H27FN3O2S+. The van der Waals surface area contributed by atoms with Gasteiger partial charge in [-0.3, -0.25) is 9.36 Å². The van der Waals surface area contributed by atoms with Crippen LogP contribution in [0.25, 0.3) is 15.9 Å². The highest BCUT2D eigenvalue weighted by Crippen LogP contribution is 2.33. The number of nitrogens with zero attached hydrogens (tertiary/aromatic N) is 2. The molecule has 1 aliphatic carbocycles. The second-order valence-electron chi connectivity index (χ2n) is 8.11. The summed E-state index contributed by atoms with van der Waals surface area (Å²) in [4.78, 5) is 30.2. The minimum atomic E-state index is -0.387. The molecule has 0 saturated heterocycles. The standard InChI is InChI=1S/C22H26FN3O2S/c1-24(2)13-6-14-25-21-19(17-7-4-3-5-8-18(17)29-21)20(27)26(22(25)28)16-11-9-15(23)10-12-16/h9-12H,3-8,13-14H2,1-2H3/p+1. The van der Waals surface area contributed by atoms with E-state index in [4.69, 9.17) is 0 Å². The van der Waals surface area contributed by atoms with Gasteiger partial charge >= 0.3 is 5.69 Å². The SMILES string of the molecule is C[NH+](C)CCCn1c(=O)n(-c2ccc(F)cc2)c(=O)c2c3c(sc21)CCCCC3. The summed E-state index contributed by atoms with van der Waals surface area (Å²) in [5.74, 6) is -0.387. The quantitative estimate of drug-likeness (QED) is 0.648. The summed E-state index contributed by atoms with van der Waals surface area (Å²) in [6.45, 7) is 1.51. The molecule has 5 nitrogen and oxygen atoms in total. The Labute approximate surface area is 173 Å². The lowest BCUT2D eigenvalue weighted by atomic mass is 10.1. The predicted octanol–water partition coefficient (Wildman–Crippen LogP) is 2.16. The van der Waals surface area contributed by atoms with Crippen molar-refractivity contribution in [3.8, 4) is 5.69 Å². The Morgan fingerprint density at radius 3 is 2.52 bits per heavy atom. The third-order valence-corrected chi connectivity index (χ3v) is 6.95. The average molecular weight is 417 g/mol. The first kappa shape index (κ1) is 20.0. The summed E-state index contributed by atoms with van der Waals surface area (Å²) in [5.41, 5.74) is 0.934. The third kappa shape index (κ3) is 3.81. The summed E-state index contributed by atoms with van der Waals surface area (Å²) in [5, 5.41) is 0.688. The Bertz CT molecular complexity index is 1140. The van der Waals surface area contributed by atoms with Gasteiger partial charge in [0.2, 0.25) is 0 Å². The van der Waals surface area contributed by atoms with E-state index < -0.39 is 0 Å². The number of aromatic nitrogens is 2.